The van der Waals surface area contributed by atoms with Crippen LogP contribution in [0.2, 0.25) is 0 Å². The molecule has 20 heavy (non-hydrogen) atoms. The molecular formula is C16H15F2NO. The number of nitrogens with one attached hydrogen (secondary N) is 1. The van der Waals surface area contributed by atoms with Crippen LogP contribution in [0.4, 0.5) is 8.78 Å². The Morgan fingerprint density at radius 2 is 1.70 bits per heavy atom. The molecule has 2 nitrogen and oxygen atoms in total. The van der Waals surface area contributed by atoms with E-state index in [9.17, 15) is 8.78 Å². The third kappa shape index (κ3) is 3.73. The Hall–Kier alpha value is -2.04. The van der Waals surface area contributed by atoms with Gasteiger partial charge < -0.3 is 5.21 Å². The SMILES string of the molecule is C[C@@H](/C=C/c1cc(F)cc(-c2ccc(F)cc2)c1)NO. The van der Waals surface area contributed by atoms with Crippen molar-refractivity contribution in [3.05, 3.63) is 65.7 Å². The summed E-state index contributed by atoms with van der Waals surface area (Å²) in [6.07, 6.45) is 3.42. The molecular weight excluding hydrogens is 260 g/mol. The third-order valence-corrected chi connectivity index (χ3v) is 2.88. The van der Waals surface area contributed by atoms with Crippen LogP contribution < -0.4 is 5.48 Å². The molecule has 0 heterocycles. The van der Waals surface area contributed by atoms with Gasteiger partial charge in [0.15, 0.2) is 0 Å². The van der Waals surface area contributed by atoms with Crippen molar-refractivity contribution in [3.8, 4) is 11.1 Å². The second kappa shape index (κ2) is 6.41. The fourth-order valence-electron chi connectivity index (χ4n) is 1.82. The van der Waals surface area contributed by atoms with Crippen LogP contribution in [0.3, 0.4) is 0 Å². The van der Waals surface area contributed by atoms with Crippen LogP contribution in [0.1, 0.15) is 12.5 Å². The first-order chi connectivity index (χ1) is 9.58. The van der Waals surface area contributed by atoms with Crippen molar-refractivity contribution >= 4 is 6.08 Å². The lowest BCUT2D eigenvalue weighted by Gasteiger charge is -2.05. The van der Waals surface area contributed by atoms with Gasteiger partial charge in [0.2, 0.25) is 0 Å². The highest BCUT2D eigenvalue weighted by atomic mass is 19.1. The zero-order valence-corrected chi connectivity index (χ0v) is 11.0. The Balaban J connectivity index is 2.33. The maximum atomic E-state index is 13.6. The van der Waals surface area contributed by atoms with Gasteiger partial charge in [-0.25, -0.2) is 8.78 Å². The molecule has 2 aromatic rings. The second-order valence-electron chi connectivity index (χ2n) is 4.56. The largest absolute Gasteiger partial charge is 0.316 e. The van der Waals surface area contributed by atoms with E-state index in [4.69, 9.17) is 5.21 Å². The highest BCUT2D eigenvalue weighted by Crippen LogP contribution is 2.23. The maximum absolute atomic E-state index is 13.6. The summed E-state index contributed by atoms with van der Waals surface area (Å²) >= 11 is 0. The Kier molecular flexibility index (Phi) is 4.61. The van der Waals surface area contributed by atoms with Gasteiger partial charge in [0.1, 0.15) is 11.6 Å². The van der Waals surface area contributed by atoms with E-state index in [0.29, 0.717) is 11.1 Å². The molecule has 104 valence electrons. The molecule has 2 aromatic carbocycles. The van der Waals surface area contributed by atoms with Crippen LogP contribution in [0.25, 0.3) is 17.2 Å². The fraction of sp³-hybridized carbons (Fsp3) is 0.125. The van der Waals surface area contributed by atoms with Crippen LogP contribution in [0.5, 0.6) is 0 Å². The van der Waals surface area contributed by atoms with Crippen LogP contribution >= 0.6 is 0 Å². The monoisotopic (exact) mass is 275 g/mol. The van der Waals surface area contributed by atoms with E-state index >= 15 is 0 Å². The lowest BCUT2D eigenvalue weighted by atomic mass is 10.0. The summed E-state index contributed by atoms with van der Waals surface area (Å²) in [5, 5.41) is 8.72. The van der Waals surface area contributed by atoms with Gasteiger partial charge in [-0.3, -0.25) is 0 Å². The minimum Gasteiger partial charge on any atom is -0.316 e. The number of benzene rings is 2. The average molecular weight is 275 g/mol. The molecule has 2 rings (SSSR count). The van der Waals surface area contributed by atoms with Gasteiger partial charge in [-0.1, -0.05) is 24.3 Å². The minimum atomic E-state index is -0.365. The van der Waals surface area contributed by atoms with Gasteiger partial charge in [0, 0.05) is 6.04 Å². The normalized spacial score (nSPS) is 12.8. The van der Waals surface area contributed by atoms with Gasteiger partial charge in [-0.15, -0.1) is 0 Å². The molecule has 0 aromatic heterocycles. The summed E-state index contributed by atoms with van der Waals surface area (Å²) in [5.41, 5.74) is 4.17. The number of hydrogen-bond donors (Lipinski definition) is 2. The van der Waals surface area contributed by atoms with Gasteiger partial charge in [0.25, 0.3) is 0 Å². The van der Waals surface area contributed by atoms with Crippen molar-refractivity contribution in [2.75, 3.05) is 0 Å². The molecule has 0 spiro atoms. The molecule has 0 unspecified atom stereocenters. The molecule has 1 atom stereocenters. The Labute approximate surface area is 116 Å². The first kappa shape index (κ1) is 14.4. The summed E-state index contributed by atoms with van der Waals surface area (Å²) < 4.78 is 26.5. The Bertz CT molecular complexity index is 608. The van der Waals surface area contributed by atoms with E-state index in [1.54, 1.807) is 37.3 Å². The lowest BCUT2D eigenvalue weighted by Crippen LogP contribution is -2.18. The zero-order valence-electron chi connectivity index (χ0n) is 11.0. The average Bonchev–Trinajstić information content (AvgIpc) is 2.45. The Morgan fingerprint density at radius 3 is 2.35 bits per heavy atom. The van der Waals surface area contributed by atoms with Gasteiger partial charge >= 0.3 is 0 Å². The van der Waals surface area contributed by atoms with Crippen molar-refractivity contribution in [1.82, 2.24) is 5.48 Å². The molecule has 0 saturated carbocycles. The summed E-state index contributed by atoms with van der Waals surface area (Å²) in [4.78, 5) is 0. The number of hydrogen-bond acceptors (Lipinski definition) is 2. The van der Waals surface area contributed by atoms with Crippen molar-refractivity contribution in [2.24, 2.45) is 0 Å². The zero-order chi connectivity index (χ0) is 14.5. The van der Waals surface area contributed by atoms with E-state index in [-0.39, 0.29) is 17.7 Å². The highest BCUT2D eigenvalue weighted by Gasteiger charge is 2.03. The smallest absolute Gasteiger partial charge is 0.124 e. The molecule has 0 aliphatic rings. The summed E-state index contributed by atoms with van der Waals surface area (Å²) in [5.74, 6) is -0.691. The molecule has 0 amide bonds. The van der Waals surface area contributed by atoms with Gasteiger partial charge in [-0.05, 0) is 53.9 Å². The summed E-state index contributed by atoms with van der Waals surface area (Å²) in [7, 11) is 0. The third-order valence-electron chi connectivity index (χ3n) is 2.88. The quantitative estimate of drug-likeness (QED) is 0.826. The molecule has 0 bridgehead atoms. The molecule has 0 aliphatic carbocycles. The van der Waals surface area contributed by atoms with Crippen molar-refractivity contribution in [3.63, 3.8) is 0 Å². The van der Waals surface area contributed by atoms with Crippen LogP contribution in [0, 0.1) is 11.6 Å². The van der Waals surface area contributed by atoms with E-state index in [1.807, 2.05) is 0 Å². The molecule has 0 aliphatic heterocycles. The first-order valence-electron chi connectivity index (χ1n) is 6.23. The molecule has 4 heteroatoms. The van der Waals surface area contributed by atoms with Crippen molar-refractivity contribution in [1.29, 1.82) is 0 Å². The van der Waals surface area contributed by atoms with Crippen LogP contribution in [0.15, 0.2) is 48.5 Å². The minimum absolute atomic E-state index is 0.229. The topological polar surface area (TPSA) is 32.3 Å². The molecule has 0 radical (unpaired) electrons. The van der Waals surface area contributed by atoms with Crippen molar-refractivity contribution < 1.29 is 14.0 Å². The molecule has 2 N–H and O–H groups in total. The number of halogens is 2. The second-order valence-corrected chi connectivity index (χ2v) is 4.56. The van der Waals surface area contributed by atoms with E-state index < -0.39 is 0 Å². The van der Waals surface area contributed by atoms with E-state index in [1.165, 1.54) is 24.3 Å². The fourth-order valence-corrected chi connectivity index (χ4v) is 1.82. The standard InChI is InChI=1S/C16H15F2NO/c1-11(19-20)2-3-12-8-14(10-16(18)9-12)13-4-6-15(17)7-5-13/h2-11,19-20H,1H3/b3-2+/t11-/m0/s1. The lowest BCUT2D eigenvalue weighted by molar-refractivity contribution is 0.150. The summed E-state index contributed by atoms with van der Waals surface area (Å²) in [6.45, 7) is 1.76. The summed E-state index contributed by atoms with van der Waals surface area (Å²) in [6, 6.07) is 10.3. The van der Waals surface area contributed by atoms with Crippen LogP contribution in [-0.2, 0) is 0 Å². The molecule has 0 saturated heterocycles. The first-order valence-corrected chi connectivity index (χ1v) is 6.23. The predicted octanol–water partition coefficient (Wildman–Crippen LogP) is 4.01. The number of hydroxylamine groups is 1. The molecule has 0 fully saturated rings. The van der Waals surface area contributed by atoms with Crippen molar-refractivity contribution in [2.45, 2.75) is 13.0 Å². The van der Waals surface area contributed by atoms with Gasteiger partial charge in [0.05, 0.1) is 0 Å². The van der Waals surface area contributed by atoms with E-state index in [0.717, 1.165) is 5.56 Å². The van der Waals surface area contributed by atoms with Gasteiger partial charge in [-0.2, -0.15) is 5.48 Å². The Morgan fingerprint density at radius 1 is 1.00 bits per heavy atom. The van der Waals surface area contributed by atoms with Crippen LogP contribution in [-0.4, -0.2) is 11.2 Å². The number of rotatable bonds is 4. The van der Waals surface area contributed by atoms with E-state index in [2.05, 4.69) is 5.48 Å². The maximum Gasteiger partial charge on any atom is 0.124 e. The predicted molar refractivity (Wildman–Crippen MR) is 75.2 cm³/mol. The highest BCUT2D eigenvalue weighted by molar-refractivity contribution is 5.67.